The zero-order valence-electron chi connectivity index (χ0n) is 12.8. The Bertz CT molecular complexity index is 554. The average molecular weight is 441 g/mol. The Morgan fingerprint density at radius 2 is 2.00 bits per heavy atom. The van der Waals surface area contributed by atoms with E-state index in [1.165, 1.54) is 12.8 Å². The molecular weight excluding hydrogens is 419 g/mol. The highest BCUT2D eigenvalue weighted by Crippen LogP contribution is 2.21. The third-order valence-electron chi connectivity index (χ3n) is 4.13. The second kappa shape index (κ2) is 7.60. The molecule has 5 N–H and O–H groups in total. The number of nitrogen functional groups attached to an aromatic ring is 2. The molecule has 1 aliphatic rings. The van der Waals surface area contributed by atoms with Crippen LogP contribution >= 0.6 is 11.6 Å². The molecule has 1 atom stereocenters. The van der Waals surface area contributed by atoms with E-state index in [1.807, 2.05) is 0 Å². The van der Waals surface area contributed by atoms with E-state index in [1.54, 1.807) is 0 Å². The van der Waals surface area contributed by atoms with E-state index < -0.39 is 0 Å². The van der Waals surface area contributed by atoms with Crippen LogP contribution in [0.25, 0.3) is 0 Å². The van der Waals surface area contributed by atoms with Crippen molar-refractivity contribution in [3.05, 3.63) is 10.8 Å². The van der Waals surface area contributed by atoms with Gasteiger partial charge in [-0.25, -0.2) is 9.97 Å². The van der Waals surface area contributed by atoms with E-state index >= 15 is 0 Å². The SMILES string of the molecule is C[N+]1(C)CCCCC1CNC(=O)c1nc(Cl)c(N)nc1N.[I-]. The van der Waals surface area contributed by atoms with E-state index in [9.17, 15) is 4.79 Å². The van der Waals surface area contributed by atoms with Crippen LogP contribution in [-0.2, 0) is 0 Å². The average Bonchev–Trinajstić information content (AvgIpc) is 2.41. The standard InChI is InChI=1S/C13H21ClN6O.HI/c1-20(2)6-4-3-5-8(20)7-17-13(21)9-11(15)19-12(16)10(14)18-9;/h8H,3-7H2,1-2H3,(H4-,15,16,17,19,21);1H. The third-order valence-corrected chi connectivity index (χ3v) is 4.41. The number of nitrogens with two attached hydrogens (primary N) is 2. The minimum Gasteiger partial charge on any atom is -1.00 e. The lowest BCUT2D eigenvalue weighted by Crippen LogP contribution is -3.00. The number of aromatic nitrogens is 2. The van der Waals surface area contributed by atoms with Crippen molar-refractivity contribution in [2.75, 3.05) is 38.7 Å². The number of nitrogens with zero attached hydrogens (tertiary/aromatic N) is 3. The molecule has 1 saturated heterocycles. The van der Waals surface area contributed by atoms with Crippen LogP contribution in [0.5, 0.6) is 0 Å². The van der Waals surface area contributed by atoms with Gasteiger partial charge in [-0.1, -0.05) is 11.6 Å². The number of carbonyl (C=O) groups excluding carboxylic acids is 1. The molecule has 9 heteroatoms. The molecule has 2 rings (SSSR count). The number of rotatable bonds is 3. The molecule has 0 saturated carbocycles. The van der Waals surface area contributed by atoms with Gasteiger partial charge in [-0.2, -0.15) is 0 Å². The Hall–Kier alpha value is -0.870. The quantitative estimate of drug-likeness (QED) is 0.361. The summed E-state index contributed by atoms with van der Waals surface area (Å²) < 4.78 is 0.907. The monoisotopic (exact) mass is 440 g/mol. The summed E-state index contributed by atoms with van der Waals surface area (Å²) in [6.45, 7) is 1.70. The molecule has 22 heavy (non-hydrogen) atoms. The Morgan fingerprint density at radius 1 is 1.32 bits per heavy atom. The predicted molar refractivity (Wildman–Crippen MR) is 82.8 cm³/mol. The van der Waals surface area contributed by atoms with Crippen LogP contribution in [0.4, 0.5) is 11.6 Å². The number of likely N-dealkylation sites (N-methyl/N-ethyl adjacent to an activating group) is 1. The third kappa shape index (κ3) is 4.32. The fourth-order valence-electron chi connectivity index (χ4n) is 2.68. The van der Waals surface area contributed by atoms with Gasteiger partial charge < -0.3 is 45.2 Å². The number of amides is 1. The van der Waals surface area contributed by atoms with Crippen molar-refractivity contribution in [1.82, 2.24) is 15.3 Å². The zero-order valence-corrected chi connectivity index (χ0v) is 15.7. The second-order valence-electron chi connectivity index (χ2n) is 6.00. The summed E-state index contributed by atoms with van der Waals surface area (Å²) in [4.78, 5) is 19.9. The highest BCUT2D eigenvalue weighted by molar-refractivity contribution is 6.31. The molecule has 0 spiro atoms. The van der Waals surface area contributed by atoms with Crippen LogP contribution < -0.4 is 40.8 Å². The van der Waals surface area contributed by atoms with Crippen molar-refractivity contribution in [2.24, 2.45) is 0 Å². The normalized spacial score (nSPS) is 20.0. The Kier molecular flexibility index (Phi) is 6.63. The van der Waals surface area contributed by atoms with Crippen LogP contribution in [0, 0.1) is 0 Å². The predicted octanol–water partition coefficient (Wildman–Crippen LogP) is -2.34. The van der Waals surface area contributed by atoms with E-state index in [4.69, 9.17) is 23.1 Å². The van der Waals surface area contributed by atoms with Gasteiger partial charge >= 0.3 is 0 Å². The number of nitrogens with one attached hydrogen (secondary N) is 1. The molecule has 124 valence electrons. The fourth-order valence-corrected chi connectivity index (χ4v) is 2.81. The lowest BCUT2D eigenvalue weighted by atomic mass is 10.0. The molecule has 0 radical (unpaired) electrons. The number of piperidine rings is 1. The van der Waals surface area contributed by atoms with Crippen molar-refractivity contribution in [1.29, 1.82) is 0 Å². The van der Waals surface area contributed by atoms with Gasteiger partial charge in [-0.15, -0.1) is 0 Å². The van der Waals surface area contributed by atoms with Crippen molar-refractivity contribution < 1.29 is 33.3 Å². The first-order valence-electron chi connectivity index (χ1n) is 7.00. The number of quaternary nitrogens is 1. The molecule has 0 bridgehead atoms. The topological polar surface area (TPSA) is 107 Å². The molecule has 7 nitrogen and oxygen atoms in total. The van der Waals surface area contributed by atoms with Crippen LogP contribution in [0.15, 0.2) is 0 Å². The summed E-state index contributed by atoms with van der Waals surface area (Å²) in [5, 5.41) is 2.86. The van der Waals surface area contributed by atoms with Gasteiger partial charge in [0.1, 0.15) is 6.04 Å². The number of likely N-dealkylation sites (tertiary alicyclic amines) is 1. The van der Waals surface area contributed by atoms with Gasteiger partial charge in [0.05, 0.1) is 27.2 Å². The smallest absolute Gasteiger partial charge is 0.274 e. The first-order chi connectivity index (χ1) is 9.81. The molecule has 2 heterocycles. The maximum absolute atomic E-state index is 12.2. The van der Waals surface area contributed by atoms with Crippen LogP contribution in [-0.4, -0.2) is 53.6 Å². The van der Waals surface area contributed by atoms with Gasteiger partial charge in [0.2, 0.25) is 0 Å². The van der Waals surface area contributed by atoms with Gasteiger partial charge in [-0.3, -0.25) is 4.79 Å². The lowest BCUT2D eigenvalue weighted by molar-refractivity contribution is -0.918. The van der Waals surface area contributed by atoms with E-state index in [0.717, 1.165) is 17.4 Å². The molecule has 1 fully saturated rings. The zero-order chi connectivity index (χ0) is 15.6. The van der Waals surface area contributed by atoms with Gasteiger partial charge in [0.25, 0.3) is 5.91 Å². The summed E-state index contributed by atoms with van der Waals surface area (Å²) in [7, 11) is 4.37. The molecule has 1 aromatic heterocycles. The highest BCUT2D eigenvalue weighted by atomic mass is 127. The van der Waals surface area contributed by atoms with Crippen LogP contribution in [0.2, 0.25) is 5.15 Å². The largest absolute Gasteiger partial charge is 1.00 e. The Balaban J connectivity index is 0.00000242. The van der Waals surface area contributed by atoms with E-state index in [2.05, 4.69) is 29.4 Å². The maximum Gasteiger partial charge on any atom is 0.274 e. The maximum atomic E-state index is 12.2. The van der Waals surface area contributed by atoms with Gasteiger partial charge in [-0.05, 0) is 12.8 Å². The second-order valence-corrected chi connectivity index (χ2v) is 6.35. The van der Waals surface area contributed by atoms with E-state index in [0.29, 0.717) is 12.6 Å². The number of anilines is 2. The van der Waals surface area contributed by atoms with Crippen molar-refractivity contribution >= 4 is 29.1 Å². The van der Waals surface area contributed by atoms with E-state index in [-0.39, 0.29) is 52.4 Å². The highest BCUT2D eigenvalue weighted by Gasteiger charge is 2.31. The lowest BCUT2D eigenvalue weighted by Gasteiger charge is -2.41. The molecular formula is C13H22ClIN6O. The number of halogens is 2. The minimum absolute atomic E-state index is 0. The van der Waals surface area contributed by atoms with Crippen molar-refractivity contribution in [3.8, 4) is 0 Å². The summed E-state index contributed by atoms with van der Waals surface area (Å²) in [5.41, 5.74) is 11.2. The molecule has 0 aromatic carbocycles. The summed E-state index contributed by atoms with van der Waals surface area (Å²) in [6, 6.07) is 0.390. The van der Waals surface area contributed by atoms with Crippen LogP contribution in [0.1, 0.15) is 29.8 Å². The molecule has 1 aromatic rings. The molecule has 1 amide bonds. The van der Waals surface area contributed by atoms with Gasteiger partial charge in [0, 0.05) is 6.42 Å². The summed E-state index contributed by atoms with van der Waals surface area (Å²) in [6.07, 6.45) is 3.51. The van der Waals surface area contributed by atoms with Crippen molar-refractivity contribution in [2.45, 2.75) is 25.3 Å². The molecule has 1 unspecified atom stereocenters. The van der Waals surface area contributed by atoms with Crippen LogP contribution in [0.3, 0.4) is 0 Å². The Labute approximate surface area is 152 Å². The fraction of sp³-hybridized carbons (Fsp3) is 0.615. The molecule has 0 aliphatic carbocycles. The molecule has 1 aliphatic heterocycles. The number of hydrogen-bond acceptors (Lipinski definition) is 5. The van der Waals surface area contributed by atoms with Gasteiger partial charge in [0.15, 0.2) is 22.5 Å². The first kappa shape index (κ1) is 19.2. The summed E-state index contributed by atoms with van der Waals surface area (Å²) >= 11 is 5.79. The minimum atomic E-state index is -0.368. The Morgan fingerprint density at radius 3 is 2.64 bits per heavy atom. The number of hydrogen-bond donors (Lipinski definition) is 3. The summed E-state index contributed by atoms with van der Waals surface area (Å²) in [5.74, 6) is -0.352. The number of carbonyl (C=O) groups is 1. The first-order valence-corrected chi connectivity index (χ1v) is 7.38. The van der Waals surface area contributed by atoms with Crippen molar-refractivity contribution in [3.63, 3.8) is 0 Å².